The highest BCUT2D eigenvalue weighted by Crippen LogP contribution is 2.29. The van der Waals surface area contributed by atoms with Crippen LogP contribution in [0, 0.1) is 17.1 Å². The third-order valence-corrected chi connectivity index (χ3v) is 3.27. The van der Waals surface area contributed by atoms with Gasteiger partial charge in [0.25, 0.3) is 5.91 Å². The molecule has 0 aliphatic carbocycles. The van der Waals surface area contributed by atoms with Gasteiger partial charge in [-0.15, -0.1) is 0 Å². The summed E-state index contributed by atoms with van der Waals surface area (Å²) >= 11 is 0. The first-order valence-electron chi connectivity index (χ1n) is 7.57. The molecule has 0 radical (unpaired) electrons. The van der Waals surface area contributed by atoms with Crippen molar-refractivity contribution in [2.75, 3.05) is 19.0 Å². The van der Waals surface area contributed by atoms with Gasteiger partial charge in [-0.2, -0.15) is 5.26 Å². The summed E-state index contributed by atoms with van der Waals surface area (Å²) in [5.74, 6) is 0.0979. The van der Waals surface area contributed by atoms with E-state index in [1.54, 1.807) is 18.2 Å². The van der Waals surface area contributed by atoms with E-state index in [1.165, 1.54) is 37.5 Å². The maximum absolute atomic E-state index is 12.9. The Labute approximate surface area is 145 Å². The van der Waals surface area contributed by atoms with E-state index < -0.39 is 11.7 Å². The van der Waals surface area contributed by atoms with Crippen LogP contribution < -0.4 is 14.8 Å². The maximum Gasteiger partial charge on any atom is 0.266 e. The van der Waals surface area contributed by atoms with Gasteiger partial charge in [-0.3, -0.25) is 4.79 Å². The molecule has 0 aromatic heterocycles. The molecule has 0 spiro atoms. The molecule has 2 aromatic rings. The number of hydrogen-bond acceptors (Lipinski definition) is 4. The van der Waals surface area contributed by atoms with Crippen LogP contribution in [0.3, 0.4) is 0 Å². The summed E-state index contributed by atoms with van der Waals surface area (Å²) in [6, 6.07) is 12.3. The zero-order chi connectivity index (χ0) is 18.2. The third kappa shape index (κ3) is 4.82. The molecule has 0 heterocycles. The molecule has 0 fully saturated rings. The lowest BCUT2D eigenvalue weighted by Crippen LogP contribution is -2.13. The largest absolute Gasteiger partial charge is 0.493 e. The van der Waals surface area contributed by atoms with Crippen LogP contribution in [0.15, 0.2) is 48.0 Å². The highest BCUT2D eigenvalue weighted by Gasteiger charge is 2.11. The molecule has 1 amide bonds. The Morgan fingerprint density at radius 1 is 1.24 bits per heavy atom. The summed E-state index contributed by atoms with van der Waals surface area (Å²) in [5, 5.41) is 11.8. The number of nitrogens with zero attached hydrogens (tertiary/aromatic N) is 1. The second kappa shape index (κ2) is 8.50. The standard InChI is InChI=1S/C19H17FN2O3/c1-3-25-17-9-4-13(11-18(17)24-2)10-14(12-21)19(23)22-16-7-5-15(20)6-8-16/h4-11H,3H2,1-2H3,(H,22,23). The average Bonchev–Trinajstić information content (AvgIpc) is 2.62. The number of anilines is 1. The molecule has 0 aliphatic heterocycles. The molecule has 2 rings (SSSR count). The van der Waals surface area contributed by atoms with Crippen molar-refractivity contribution in [3.05, 3.63) is 59.4 Å². The van der Waals surface area contributed by atoms with E-state index in [4.69, 9.17) is 9.47 Å². The van der Waals surface area contributed by atoms with Crippen molar-refractivity contribution in [3.8, 4) is 17.6 Å². The molecule has 0 saturated heterocycles. The quantitative estimate of drug-likeness (QED) is 0.642. The van der Waals surface area contributed by atoms with E-state index in [9.17, 15) is 14.4 Å². The Bertz CT molecular complexity index is 824. The zero-order valence-electron chi connectivity index (χ0n) is 13.9. The lowest BCUT2D eigenvalue weighted by Gasteiger charge is -2.10. The van der Waals surface area contributed by atoms with Gasteiger partial charge in [0.2, 0.25) is 0 Å². The Morgan fingerprint density at radius 2 is 1.96 bits per heavy atom. The molecule has 2 aromatic carbocycles. The fourth-order valence-corrected chi connectivity index (χ4v) is 2.10. The smallest absolute Gasteiger partial charge is 0.266 e. The molecule has 0 saturated carbocycles. The molecule has 128 valence electrons. The highest BCUT2D eigenvalue weighted by atomic mass is 19.1. The van der Waals surface area contributed by atoms with Gasteiger partial charge in [0, 0.05) is 5.69 Å². The van der Waals surface area contributed by atoms with Crippen molar-refractivity contribution in [1.82, 2.24) is 0 Å². The van der Waals surface area contributed by atoms with Gasteiger partial charge >= 0.3 is 0 Å². The number of amides is 1. The predicted molar refractivity (Wildman–Crippen MR) is 92.8 cm³/mol. The Kier molecular flexibility index (Phi) is 6.13. The minimum atomic E-state index is -0.582. The molecular weight excluding hydrogens is 323 g/mol. The molecule has 0 atom stereocenters. The Hall–Kier alpha value is -3.33. The predicted octanol–water partition coefficient (Wildman–Crippen LogP) is 3.78. The number of rotatable bonds is 6. The minimum Gasteiger partial charge on any atom is -0.493 e. The van der Waals surface area contributed by atoms with Crippen LogP contribution in [-0.2, 0) is 4.79 Å². The number of ether oxygens (including phenoxy) is 2. The van der Waals surface area contributed by atoms with Gasteiger partial charge in [0.1, 0.15) is 17.5 Å². The molecule has 0 aliphatic rings. The van der Waals surface area contributed by atoms with Gasteiger partial charge in [-0.25, -0.2) is 4.39 Å². The van der Waals surface area contributed by atoms with Crippen molar-refractivity contribution in [2.24, 2.45) is 0 Å². The van der Waals surface area contributed by atoms with Crippen LogP contribution >= 0.6 is 0 Å². The summed E-state index contributed by atoms with van der Waals surface area (Å²) in [4.78, 5) is 12.2. The number of nitrogens with one attached hydrogen (secondary N) is 1. The van der Waals surface area contributed by atoms with E-state index in [1.807, 2.05) is 13.0 Å². The number of nitriles is 1. The van der Waals surface area contributed by atoms with E-state index in [2.05, 4.69) is 5.32 Å². The van der Waals surface area contributed by atoms with E-state index in [-0.39, 0.29) is 5.57 Å². The van der Waals surface area contributed by atoms with Crippen LogP contribution in [0.1, 0.15) is 12.5 Å². The van der Waals surface area contributed by atoms with Crippen LogP contribution in [0.25, 0.3) is 6.08 Å². The highest BCUT2D eigenvalue weighted by molar-refractivity contribution is 6.09. The summed E-state index contributed by atoms with van der Waals surface area (Å²) in [6.45, 7) is 2.36. The Morgan fingerprint density at radius 3 is 2.56 bits per heavy atom. The number of carbonyl (C=O) groups is 1. The lowest BCUT2D eigenvalue weighted by molar-refractivity contribution is -0.112. The fraction of sp³-hybridized carbons (Fsp3) is 0.158. The molecule has 6 heteroatoms. The Balaban J connectivity index is 2.22. The monoisotopic (exact) mass is 340 g/mol. The van der Waals surface area contributed by atoms with Crippen molar-refractivity contribution < 1.29 is 18.7 Å². The van der Waals surface area contributed by atoms with Crippen LogP contribution in [0.5, 0.6) is 11.5 Å². The topological polar surface area (TPSA) is 71.3 Å². The van der Waals surface area contributed by atoms with Gasteiger partial charge in [-0.05, 0) is 55.0 Å². The summed E-state index contributed by atoms with van der Waals surface area (Å²) in [6.07, 6.45) is 1.44. The van der Waals surface area contributed by atoms with Crippen molar-refractivity contribution in [2.45, 2.75) is 6.92 Å². The maximum atomic E-state index is 12.9. The van der Waals surface area contributed by atoms with Crippen LogP contribution in [0.4, 0.5) is 10.1 Å². The minimum absolute atomic E-state index is 0.0875. The molecule has 1 N–H and O–H groups in total. The molecular formula is C19H17FN2O3. The van der Waals surface area contributed by atoms with Crippen molar-refractivity contribution in [3.63, 3.8) is 0 Å². The first kappa shape index (κ1) is 18.0. The second-order valence-electron chi connectivity index (χ2n) is 4.97. The normalized spacial score (nSPS) is 10.7. The summed E-state index contributed by atoms with van der Waals surface area (Å²) < 4.78 is 23.6. The second-order valence-corrected chi connectivity index (χ2v) is 4.97. The SMILES string of the molecule is CCOc1ccc(C=C(C#N)C(=O)Nc2ccc(F)cc2)cc1OC. The number of benzene rings is 2. The number of carbonyl (C=O) groups excluding carboxylic acids is 1. The van der Waals surface area contributed by atoms with Crippen LogP contribution in [0.2, 0.25) is 0 Å². The van der Waals surface area contributed by atoms with E-state index in [0.29, 0.717) is 29.4 Å². The van der Waals surface area contributed by atoms with E-state index >= 15 is 0 Å². The molecule has 25 heavy (non-hydrogen) atoms. The number of hydrogen-bond donors (Lipinski definition) is 1. The van der Waals surface area contributed by atoms with Gasteiger partial charge in [0.05, 0.1) is 13.7 Å². The van der Waals surface area contributed by atoms with Gasteiger partial charge in [-0.1, -0.05) is 6.07 Å². The molecule has 5 nitrogen and oxygen atoms in total. The zero-order valence-corrected chi connectivity index (χ0v) is 13.9. The number of halogens is 1. The van der Waals surface area contributed by atoms with Gasteiger partial charge in [0.15, 0.2) is 11.5 Å². The van der Waals surface area contributed by atoms with Crippen molar-refractivity contribution >= 4 is 17.7 Å². The number of methoxy groups -OCH3 is 1. The summed E-state index contributed by atoms with van der Waals surface area (Å²) in [7, 11) is 1.51. The van der Waals surface area contributed by atoms with E-state index in [0.717, 1.165) is 0 Å². The lowest BCUT2D eigenvalue weighted by atomic mass is 10.1. The molecule has 0 bridgehead atoms. The van der Waals surface area contributed by atoms with Crippen molar-refractivity contribution in [1.29, 1.82) is 5.26 Å². The first-order valence-corrected chi connectivity index (χ1v) is 7.57. The molecule has 0 unspecified atom stereocenters. The van der Waals surface area contributed by atoms with Gasteiger partial charge < -0.3 is 14.8 Å². The summed E-state index contributed by atoms with van der Waals surface area (Å²) in [5.41, 5.74) is 0.929. The first-order chi connectivity index (χ1) is 12.1. The third-order valence-electron chi connectivity index (χ3n) is 3.27. The fourth-order valence-electron chi connectivity index (χ4n) is 2.10. The average molecular weight is 340 g/mol. The van der Waals surface area contributed by atoms with Crippen LogP contribution in [-0.4, -0.2) is 19.6 Å².